The fourth-order valence-corrected chi connectivity index (χ4v) is 2.44. The summed E-state index contributed by atoms with van der Waals surface area (Å²) < 4.78 is 47.8. The molecule has 0 aliphatic heterocycles. The maximum Gasteiger partial charge on any atom is 0.137 e. The third-order valence-electron chi connectivity index (χ3n) is 3.50. The number of benzene rings is 1. The Hall–Kier alpha value is -2.13. The first-order chi connectivity index (χ1) is 12.5. The van der Waals surface area contributed by atoms with Gasteiger partial charge in [-0.2, -0.15) is 0 Å². The Labute approximate surface area is 134 Å². The van der Waals surface area contributed by atoms with Gasteiger partial charge in [-0.05, 0) is 39.4 Å². The Bertz CT molecular complexity index is 940. The average molecular weight is 285 g/mol. The van der Waals surface area contributed by atoms with E-state index in [1.54, 1.807) is 4.40 Å². The van der Waals surface area contributed by atoms with E-state index in [1.165, 1.54) is 0 Å². The molecule has 0 N–H and O–H groups in total. The van der Waals surface area contributed by atoms with Gasteiger partial charge in [-0.3, -0.25) is 0 Å². The lowest BCUT2D eigenvalue weighted by molar-refractivity contribution is 0.396. The largest absolute Gasteiger partial charge is 0.304 e. The summed E-state index contributed by atoms with van der Waals surface area (Å²) in [7, 11) is 0. The summed E-state index contributed by atoms with van der Waals surface area (Å²) in [4.78, 5) is 5.20. The molecule has 3 rings (SSSR count). The first-order valence-electron chi connectivity index (χ1n) is 9.79. The molecule has 0 spiro atoms. The van der Waals surface area contributed by atoms with Gasteiger partial charge in [0.25, 0.3) is 0 Å². The highest BCUT2D eigenvalue weighted by atomic mass is 15.1. The van der Waals surface area contributed by atoms with Crippen LogP contribution in [-0.2, 0) is 6.54 Å². The van der Waals surface area contributed by atoms with Crippen LogP contribution in [0.2, 0.25) is 0 Å². The molecule has 0 amide bonds. The van der Waals surface area contributed by atoms with Gasteiger partial charge in [0.05, 0.1) is 11.4 Å². The topological polar surface area (TPSA) is 20.5 Å². The molecule has 108 valence electrons. The lowest BCUT2D eigenvalue weighted by Crippen LogP contribution is -2.13. The maximum atomic E-state index is 7.67. The molecule has 3 heteroatoms. The van der Waals surface area contributed by atoms with Gasteiger partial charge in [0.2, 0.25) is 0 Å². The van der Waals surface area contributed by atoms with Crippen molar-refractivity contribution in [1.82, 2.24) is 14.3 Å². The van der Waals surface area contributed by atoms with Gasteiger partial charge in [0.1, 0.15) is 5.65 Å². The Kier molecular flexibility index (Phi) is 2.12. The first-order valence-corrected chi connectivity index (χ1v) is 6.79. The fraction of sp³-hybridized carbons (Fsp3) is 0.278. The van der Waals surface area contributed by atoms with Gasteiger partial charge >= 0.3 is 0 Å². The molecule has 0 saturated carbocycles. The summed E-state index contributed by atoms with van der Waals surface area (Å²) in [5.41, 5.74) is 4.62. The Morgan fingerprint density at radius 1 is 1.05 bits per heavy atom. The number of pyridine rings is 1. The van der Waals surface area contributed by atoms with E-state index in [0.29, 0.717) is 21.9 Å². The number of hydrogen-bond donors (Lipinski definition) is 0. The van der Waals surface area contributed by atoms with Gasteiger partial charge < -0.3 is 9.30 Å². The van der Waals surface area contributed by atoms with E-state index in [4.69, 9.17) is 8.22 Å². The van der Waals surface area contributed by atoms with Crippen molar-refractivity contribution >= 4 is 5.65 Å². The molecule has 0 atom stereocenters. The van der Waals surface area contributed by atoms with Crippen molar-refractivity contribution in [3.05, 3.63) is 59.4 Å². The van der Waals surface area contributed by atoms with E-state index in [1.807, 2.05) is 56.4 Å². The van der Waals surface area contributed by atoms with Crippen LogP contribution in [0.15, 0.2) is 42.6 Å². The molecule has 0 unspecified atom stereocenters. The van der Waals surface area contributed by atoms with E-state index in [0.717, 1.165) is 16.7 Å². The molecule has 2 heterocycles. The normalized spacial score (nSPS) is 16.9. The molecule has 0 saturated heterocycles. The van der Waals surface area contributed by atoms with Crippen LogP contribution in [0.25, 0.3) is 16.9 Å². The lowest BCUT2D eigenvalue weighted by Gasteiger charge is -2.12. The second kappa shape index (κ2) is 5.34. The number of rotatable bonds is 3. The van der Waals surface area contributed by atoms with E-state index in [9.17, 15) is 0 Å². The SMILES string of the molecule is [2H]C([2H])([2H])N(Cc1c(-c2ccc(C)cc2)nc2ccc(C)cn12)C([2H])([2H])[2H]. The van der Waals surface area contributed by atoms with Gasteiger partial charge in [-0.1, -0.05) is 35.9 Å². The summed E-state index contributed by atoms with van der Waals surface area (Å²) in [6, 6.07) is 11.5. The van der Waals surface area contributed by atoms with Crippen LogP contribution in [0.1, 0.15) is 25.0 Å². The fourth-order valence-electron chi connectivity index (χ4n) is 2.44. The summed E-state index contributed by atoms with van der Waals surface area (Å²) in [6.45, 7) is -1.91. The molecule has 0 fully saturated rings. The zero-order chi connectivity index (χ0) is 20.0. The van der Waals surface area contributed by atoms with Crippen molar-refractivity contribution in [2.45, 2.75) is 20.4 Å². The number of hydrogen-bond acceptors (Lipinski definition) is 2. The van der Waals surface area contributed by atoms with Crippen LogP contribution in [0.3, 0.4) is 0 Å². The molecule has 21 heavy (non-hydrogen) atoms. The first kappa shape index (κ1) is 8.35. The van der Waals surface area contributed by atoms with E-state index < -0.39 is 14.0 Å². The number of imidazole rings is 1. The molecule has 0 aliphatic carbocycles. The minimum atomic E-state index is -2.76. The van der Waals surface area contributed by atoms with Crippen molar-refractivity contribution in [1.29, 1.82) is 0 Å². The van der Waals surface area contributed by atoms with E-state index in [2.05, 4.69) is 4.98 Å². The standard InChI is InChI=1S/C18H21N3/c1-13-5-8-15(9-6-13)18-16(12-20(3)4)21-11-14(2)7-10-17(21)19-18/h5-11H,12H2,1-4H3/i3D3,4D3. The second-order valence-electron chi connectivity index (χ2n) is 5.29. The van der Waals surface area contributed by atoms with Crippen LogP contribution in [0.5, 0.6) is 0 Å². The van der Waals surface area contributed by atoms with Crippen molar-refractivity contribution < 1.29 is 8.22 Å². The molecule has 3 nitrogen and oxygen atoms in total. The summed E-state index contributed by atoms with van der Waals surface area (Å²) in [6.07, 6.45) is 1.84. The molecule has 0 bridgehead atoms. The van der Waals surface area contributed by atoms with Crippen LogP contribution in [0.4, 0.5) is 0 Å². The van der Waals surface area contributed by atoms with Crippen LogP contribution >= 0.6 is 0 Å². The predicted octanol–water partition coefficient (Wildman–Crippen LogP) is 3.68. The zero-order valence-corrected chi connectivity index (χ0v) is 12.1. The Morgan fingerprint density at radius 3 is 2.48 bits per heavy atom. The van der Waals surface area contributed by atoms with Crippen molar-refractivity contribution in [2.24, 2.45) is 0 Å². The molecule has 2 aromatic heterocycles. The Balaban J connectivity index is 2.21. The molecular weight excluding hydrogens is 258 g/mol. The monoisotopic (exact) mass is 285 g/mol. The van der Waals surface area contributed by atoms with Gasteiger partial charge in [-0.15, -0.1) is 0 Å². The Morgan fingerprint density at radius 2 is 1.76 bits per heavy atom. The highest BCUT2D eigenvalue weighted by Crippen LogP contribution is 2.26. The summed E-state index contributed by atoms with van der Waals surface area (Å²) in [5, 5.41) is 0. The highest BCUT2D eigenvalue weighted by molar-refractivity contribution is 5.67. The molecule has 0 aliphatic rings. The zero-order valence-electron chi connectivity index (χ0n) is 18.1. The summed E-state index contributed by atoms with van der Waals surface area (Å²) >= 11 is 0. The number of aromatic nitrogens is 2. The smallest absolute Gasteiger partial charge is 0.137 e. The summed E-state index contributed by atoms with van der Waals surface area (Å²) in [5.74, 6) is 0. The van der Waals surface area contributed by atoms with Crippen molar-refractivity contribution in [2.75, 3.05) is 14.0 Å². The molecule has 1 aromatic carbocycles. The predicted molar refractivity (Wildman–Crippen MR) is 87.5 cm³/mol. The number of fused-ring (bicyclic) bond motifs is 1. The third kappa shape index (κ3) is 2.69. The minimum Gasteiger partial charge on any atom is -0.304 e. The van der Waals surface area contributed by atoms with Gasteiger partial charge in [0, 0.05) is 26.5 Å². The molecule has 3 aromatic rings. The van der Waals surface area contributed by atoms with E-state index in [-0.39, 0.29) is 6.54 Å². The lowest BCUT2D eigenvalue weighted by atomic mass is 10.1. The molecule has 0 radical (unpaired) electrons. The maximum absolute atomic E-state index is 7.67. The van der Waals surface area contributed by atoms with Crippen molar-refractivity contribution in [3.8, 4) is 11.3 Å². The quantitative estimate of drug-likeness (QED) is 0.732. The minimum absolute atomic E-state index is 0.277. The number of aryl methyl sites for hydroxylation is 2. The average Bonchev–Trinajstić information content (AvgIpc) is 2.89. The molecular formula is C18H21N3. The van der Waals surface area contributed by atoms with Gasteiger partial charge in [0.15, 0.2) is 0 Å². The van der Waals surface area contributed by atoms with Crippen LogP contribution in [0, 0.1) is 13.8 Å². The van der Waals surface area contributed by atoms with Gasteiger partial charge in [-0.25, -0.2) is 4.98 Å². The van der Waals surface area contributed by atoms with Crippen LogP contribution < -0.4 is 0 Å². The highest BCUT2D eigenvalue weighted by Gasteiger charge is 2.14. The second-order valence-corrected chi connectivity index (χ2v) is 5.29. The number of nitrogens with zero attached hydrogens (tertiary/aromatic N) is 3. The van der Waals surface area contributed by atoms with E-state index >= 15 is 0 Å². The van der Waals surface area contributed by atoms with Crippen LogP contribution in [-0.4, -0.2) is 28.2 Å². The van der Waals surface area contributed by atoms with Crippen molar-refractivity contribution in [3.63, 3.8) is 0 Å². The third-order valence-corrected chi connectivity index (χ3v) is 3.50.